The van der Waals surface area contributed by atoms with E-state index in [4.69, 9.17) is 9.47 Å². The average Bonchev–Trinajstić information content (AvgIpc) is 3.79. The number of rotatable bonds is 10. The number of aromatic nitrogens is 3. The number of nitrogens with zero attached hydrogens (tertiary/aromatic N) is 4. The van der Waals surface area contributed by atoms with Gasteiger partial charge < -0.3 is 29.4 Å². The zero-order chi connectivity index (χ0) is 35.4. The van der Waals surface area contributed by atoms with E-state index in [2.05, 4.69) is 22.4 Å². The zero-order valence-corrected chi connectivity index (χ0v) is 28.4. The van der Waals surface area contributed by atoms with Crippen molar-refractivity contribution >= 4 is 23.6 Å². The maximum absolute atomic E-state index is 13.1. The standard InChI is InChI=1S/C36H38F3N5O5S/c1-22-30(20-50-35-42-41-21-43(35)2)48-33(49-31(22)25-11-9-23(19-45)10-12-25)26-15-13-24(14-16-26)28-7-4-3-6-27(28)18-40-32(46)29-8-5-17-44(29)34(47)36(37,38)39/h3-4,6-7,9-16,21-22,29-31,33,45H,5,8,17-20H2,1-2H3,(H,40,46). The number of amides is 2. The summed E-state index contributed by atoms with van der Waals surface area (Å²) in [4.78, 5) is 25.4. The predicted molar refractivity (Wildman–Crippen MR) is 179 cm³/mol. The van der Waals surface area contributed by atoms with Gasteiger partial charge in [0.2, 0.25) is 5.91 Å². The van der Waals surface area contributed by atoms with Crippen molar-refractivity contribution in [2.24, 2.45) is 13.0 Å². The lowest BCUT2D eigenvalue weighted by atomic mass is 9.91. The largest absolute Gasteiger partial charge is 0.471 e. The first-order valence-electron chi connectivity index (χ1n) is 16.3. The van der Waals surface area contributed by atoms with Gasteiger partial charge in [0, 0.05) is 37.4 Å². The van der Waals surface area contributed by atoms with Crippen LogP contribution in [0.4, 0.5) is 13.2 Å². The maximum atomic E-state index is 13.1. The number of aliphatic hydroxyl groups is 1. The summed E-state index contributed by atoms with van der Waals surface area (Å²) >= 11 is 1.56. The van der Waals surface area contributed by atoms with Gasteiger partial charge in [-0.3, -0.25) is 9.59 Å². The van der Waals surface area contributed by atoms with Gasteiger partial charge in [0.15, 0.2) is 11.4 Å². The van der Waals surface area contributed by atoms with Crippen LogP contribution in [0, 0.1) is 5.92 Å². The van der Waals surface area contributed by atoms with E-state index < -0.39 is 30.3 Å². The fourth-order valence-corrected chi connectivity index (χ4v) is 7.44. The molecule has 50 heavy (non-hydrogen) atoms. The molecule has 2 aliphatic heterocycles. The molecule has 10 nitrogen and oxygen atoms in total. The Morgan fingerprint density at radius 1 is 1.02 bits per heavy atom. The van der Waals surface area contributed by atoms with Gasteiger partial charge in [-0.1, -0.05) is 91.5 Å². The Kier molecular flexibility index (Phi) is 10.9. The van der Waals surface area contributed by atoms with E-state index in [1.165, 1.54) is 0 Å². The second-order valence-corrected chi connectivity index (χ2v) is 13.5. The number of ether oxygens (including phenoxy) is 2. The molecular formula is C36H38F3N5O5S. The van der Waals surface area contributed by atoms with Crippen LogP contribution in [0.25, 0.3) is 11.1 Å². The summed E-state index contributed by atoms with van der Waals surface area (Å²) in [6.07, 6.45) is -4.01. The average molecular weight is 710 g/mol. The molecule has 3 heterocycles. The lowest BCUT2D eigenvalue weighted by molar-refractivity contribution is -0.268. The number of alkyl halides is 3. The Morgan fingerprint density at radius 3 is 2.42 bits per heavy atom. The first-order chi connectivity index (χ1) is 24.0. The topological polar surface area (TPSA) is 119 Å². The molecule has 0 saturated carbocycles. The number of carbonyl (C=O) groups excluding carboxylic acids is 2. The van der Waals surface area contributed by atoms with E-state index in [9.17, 15) is 27.9 Å². The molecule has 0 radical (unpaired) electrons. The van der Waals surface area contributed by atoms with Crippen LogP contribution in [0.2, 0.25) is 0 Å². The lowest BCUT2D eigenvalue weighted by Gasteiger charge is -2.41. The van der Waals surface area contributed by atoms with Gasteiger partial charge in [0.05, 0.1) is 18.8 Å². The van der Waals surface area contributed by atoms with Crippen LogP contribution in [0.3, 0.4) is 0 Å². The van der Waals surface area contributed by atoms with E-state index in [0.717, 1.165) is 38.5 Å². The number of hydrogen-bond acceptors (Lipinski definition) is 8. The molecule has 1 aromatic heterocycles. The van der Waals surface area contributed by atoms with Crippen molar-refractivity contribution in [3.63, 3.8) is 0 Å². The van der Waals surface area contributed by atoms with E-state index in [1.807, 2.05) is 84.4 Å². The monoisotopic (exact) mass is 709 g/mol. The summed E-state index contributed by atoms with van der Waals surface area (Å²) in [6, 6.07) is 21.8. The van der Waals surface area contributed by atoms with Gasteiger partial charge in [-0.25, -0.2) is 0 Å². The van der Waals surface area contributed by atoms with Crippen molar-refractivity contribution in [1.29, 1.82) is 0 Å². The third kappa shape index (κ3) is 7.88. The molecule has 0 bridgehead atoms. The van der Waals surface area contributed by atoms with Crippen LogP contribution < -0.4 is 5.32 Å². The molecule has 5 unspecified atom stereocenters. The van der Waals surface area contributed by atoms with Crippen molar-refractivity contribution in [3.8, 4) is 11.1 Å². The highest BCUT2D eigenvalue weighted by Gasteiger charge is 2.47. The molecule has 3 aromatic carbocycles. The van der Waals surface area contributed by atoms with E-state index >= 15 is 0 Å². The van der Waals surface area contributed by atoms with Crippen LogP contribution in [0.5, 0.6) is 0 Å². The minimum absolute atomic E-state index is 0.00351. The molecule has 2 saturated heterocycles. The fourth-order valence-electron chi connectivity index (χ4n) is 6.39. The number of thioether (sulfide) groups is 1. The molecule has 14 heteroatoms. The van der Waals surface area contributed by atoms with Crippen LogP contribution >= 0.6 is 11.8 Å². The quantitative estimate of drug-likeness (QED) is 0.201. The molecule has 2 fully saturated rings. The number of halogens is 3. The number of hydrogen-bond donors (Lipinski definition) is 2. The highest BCUT2D eigenvalue weighted by Crippen LogP contribution is 2.43. The van der Waals surface area contributed by atoms with Crippen molar-refractivity contribution < 1.29 is 37.3 Å². The van der Waals surface area contributed by atoms with Crippen molar-refractivity contribution in [1.82, 2.24) is 25.0 Å². The Bertz CT molecular complexity index is 1790. The number of carbonyl (C=O) groups is 2. The van der Waals surface area contributed by atoms with Gasteiger partial charge in [0.25, 0.3) is 0 Å². The maximum Gasteiger partial charge on any atom is 0.471 e. The summed E-state index contributed by atoms with van der Waals surface area (Å²) in [5.41, 5.74) is 5.08. The molecule has 2 aliphatic rings. The molecule has 4 aromatic rings. The first kappa shape index (κ1) is 35.6. The summed E-state index contributed by atoms with van der Waals surface area (Å²) in [5.74, 6) is -1.98. The van der Waals surface area contributed by atoms with Crippen LogP contribution in [-0.2, 0) is 39.3 Å². The van der Waals surface area contributed by atoms with Gasteiger partial charge in [0.1, 0.15) is 12.4 Å². The number of likely N-dealkylation sites (tertiary alicyclic amines) is 1. The van der Waals surface area contributed by atoms with Crippen molar-refractivity contribution in [2.45, 2.75) is 68.8 Å². The Hall–Kier alpha value is -4.24. The number of aliphatic hydroxyl groups excluding tert-OH is 1. The smallest absolute Gasteiger partial charge is 0.392 e. The first-order valence-corrected chi connectivity index (χ1v) is 17.3. The summed E-state index contributed by atoms with van der Waals surface area (Å²) in [6.45, 7) is 2.02. The van der Waals surface area contributed by atoms with Crippen molar-refractivity contribution in [3.05, 3.63) is 101 Å². The number of aryl methyl sites for hydroxylation is 1. The molecule has 2 N–H and O–H groups in total. The normalized spacial score (nSPS) is 22.4. The number of nitrogens with one attached hydrogen (secondary N) is 1. The number of benzene rings is 3. The second kappa shape index (κ2) is 15.3. The zero-order valence-electron chi connectivity index (χ0n) is 27.5. The molecule has 6 rings (SSSR count). The van der Waals surface area contributed by atoms with Crippen molar-refractivity contribution in [2.75, 3.05) is 12.3 Å². The highest BCUT2D eigenvalue weighted by molar-refractivity contribution is 7.99. The Balaban J connectivity index is 1.18. The minimum atomic E-state index is -5.03. The predicted octanol–water partition coefficient (Wildman–Crippen LogP) is 5.73. The summed E-state index contributed by atoms with van der Waals surface area (Å²) in [7, 11) is 1.89. The summed E-state index contributed by atoms with van der Waals surface area (Å²) < 4.78 is 54.3. The van der Waals surface area contributed by atoms with Crippen LogP contribution in [0.1, 0.15) is 54.4 Å². The van der Waals surface area contributed by atoms with Gasteiger partial charge >= 0.3 is 12.1 Å². The lowest BCUT2D eigenvalue weighted by Crippen LogP contribution is -2.50. The molecular weight excluding hydrogens is 671 g/mol. The highest BCUT2D eigenvalue weighted by atomic mass is 32.2. The molecule has 5 atom stereocenters. The Labute approximate surface area is 292 Å². The summed E-state index contributed by atoms with van der Waals surface area (Å²) in [5, 5.41) is 21.2. The Morgan fingerprint density at radius 2 is 1.74 bits per heavy atom. The molecule has 0 aliphatic carbocycles. The fraction of sp³-hybridized carbons (Fsp3) is 0.389. The molecule has 2 amide bonds. The van der Waals surface area contributed by atoms with Crippen LogP contribution in [0.15, 0.2) is 84.3 Å². The van der Waals surface area contributed by atoms with Gasteiger partial charge in [-0.15, -0.1) is 10.2 Å². The molecule has 0 spiro atoms. The SMILES string of the molecule is CC1C(CSc2nncn2C)OC(c2ccc(-c3ccccc3CNC(=O)C3CCCN3C(=O)C(F)(F)F)cc2)OC1c1ccc(CO)cc1. The van der Waals surface area contributed by atoms with Crippen LogP contribution in [-0.4, -0.2) is 67.2 Å². The third-order valence-electron chi connectivity index (χ3n) is 9.19. The minimum Gasteiger partial charge on any atom is -0.392 e. The molecule has 264 valence electrons. The van der Waals surface area contributed by atoms with Gasteiger partial charge in [-0.2, -0.15) is 13.2 Å². The van der Waals surface area contributed by atoms with E-state index in [1.54, 1.807) is 18.1 Å². The third-order valence-corrected chi connectivity index (χ3v) is 10.3. The van der Waals surface area contributed by atoms with E-state index in [-0.39, 0.29) is 44.2 Å². The van der Waals surface area contributed by atoms with Gasteiger partial charge in [-0.05, 0) is 40.7 Å². The van der Waals surface area contributed by atoms with E-state index in [0.29, 0.717) is 17.1 Å². The second-order valence-electron chi connectivity index (χ2n) is 12.5.